The number of likely N-dealkylation sites (N-methyl/N-ethyl adjacent to an activating group) is 1. The zero-order valence-corrected chi connectivity index (χ0v) is 27.4. The normalized spacial score (nSPS) is 11.6. The van der Waals surface area contributed by atoms with Crippen molar-refractivity contribution in [3.63, 3.8) is 0 Å². The molecule has 14 nitrogen and oxygen atoms in total. The number of rotatable bonds is 12. The van der Waals surface area contributed by atoms with Crippen molar-refractivity contribution in [3.05, 3.63) is 99.9 Å². The molecular weight excluding hydrogens is 606 g/mol. The van der Waals surface area contributed by atoms with Crippen LogP contribution in [0.5, 0.6) is 11.5 Å². The smallest absolute Gasteiger partial charge is 0.349 e. The number of nitrogens with zero attached hydrogens (tertiary/aromatic N) is 4. The molecule has 0 spiro atoms. The van der Waals surface area contributed by atoms with Gasteiger partial charge in [-0.25, -0.2) is 9.78 Å². The second-order valence-electron chi connectivity index (χ2n) is 10.7. The zero-order chi connectivity index (χ0) is 35.1. The van der Waals surface area contributed by atoms with Gasteiger partial charge in [-0.2, -0.15) is 4.68 Å². The van der Waals surface area contributed by atoms with Gasteiger partial charge in [0.05, 0.1) is 6.61 Å². The molecule has 0 radical (unpaired) electrons. The Hall–Kier alpha value is -5.50. The number of aliphatic carboxylic acids is 2. The van der Waals surface area contributed by atoms with Crippen LogP contribution in [0.25, 0.3) is 5.82 Å². The lowest BCUT2D eigenvalue weighted by Crippen LogP contribution is -2.28. The van der Waals surface area contributed by atoms with Crippen LogP contribution in [0.2, 0.25) is 0 Å². The van der Waals surface area contributed by atoms with Crippen molar-refractivity contribution in [2.24, 2.45) is 5.73 Å². The van der Waals surface area contributed by atoms with Gasteiger partial charge in [-0.3, -0.25) is 20.0 Å². The van der Waals surface area contributed by atoms with Gasteiger partial charge in [0.15, 0.2) is 17.3 Å². The summed E-state index contributed by atoms with van der Waals surface area (Å²) in [6.07, 6.45) is 2.12. The largest absolute Gasteiger partial charge is 0.490 e. The minimum atomic E-state index is -0.833. The number of aromatic nitrogens is 4. The van der Waals surface area contributed by atoms with Crippen molar-refractivity contribution in [1.82, 2.24) is 24.6 Å². The number of pyridine rings is 1. The number of ether oxygens (including phenoxy) is 2. The first-order valence-corrected chi connectivity index (χ1v) is 14.7. The van der Waals surface area contributed by atoms with Gasteiger partial charge < -0.3 is 30.3 Å². The van der Waals surface area contributed by atoms with Gasteiger partial charge in [-0.15, -0.1) is 5.10 Å². The SMILES string of the molecule is CC(=O)O.CC(=O)O.CCOc1cc(C(Cc2ccc(C(=N)N)cc2)c2nn(-c3ccccn3)c(=O)[nH]2)ccc1OC(C)CN(C)C. The summed E-state index contributed by atoms with van der Waals surface area (Å²) in [6.45, 7) is 7.36. The summed E-state index contributed by atoms with van der Waals surface area (Å²) in [6, 6.07) is 18.7. The first kappa shape index (κ1) is 37.7. The highest BCUT2D eigenvalue weighted by atomic mass is 16.5. The molecule has 4 rings (SSSR count). The van der Waals surface area contributed by atoms with E-state index in [1.807, 2.05) is 76.5 Å². The quantitative estimate of drug-likeness (QED) is 0.111. The van der Waals surface area contributed by atoms with E-state index in [2.05, 4.69) is 20.0 Å². The lowest BCUT2D eigenvalue weighted by atomic mass is 9.90. The van der Waals surface area contributed by atoms with Gasteiger partial charge in [0, 0.05) is 38.1 Å². The molecule has 47 heavy (non-hydrogen) atoms. The number of hydrogen-bond acceptors (Lipinski definition) is 9. The number of carboxylic acids is 2. The second kappa shape index (κ2) is 18.5. The molecule has 0 fully saturated rings. The summed E-state index contributed by atoms with van der Waals surface area (Å²) in [4.78, 5) is 40.2. The van der Waals surface area contributed by atoms with Crippen LogP contribution >= 0.6 is 0 Å². The summed E-state index contributed by atoms with van der Waals surface area (Å²) in [5.41, 5.74) is 7.82. The number of hydrogen-bond donors (Lipinski definition) is 5. The van der Waals surface area contributed by atoms with Gasteiger partial charge in [0.1, 0.15) is 17.8 Å². The molecule has 0 saturated heterocycles. The number of nitrogens with two attached hydrogens (primary N) is 1. The summed E-state index contributed by atoms with van der Waals surface area (Å²) >= 11 is 0. The summed E-state index contributed by atoms with van der Waals surface area (Å²) in [5.74, 6) is 0.257. The number of nitrogen functional groups attached to an aromatic ring is 1. The van der Waals surface area contributed by atoms with Crippen LogP contribution in [0, 0.1) is 5.41 Å². The number of nitrogens with one attached hydrogen (secondary N) is 2. The number of aromatic amines is 1. The standard InChI is InChI=1S/C29H35N7O3.2C2H4O2/c1-5-38-25-17-22(13-14-24(25)39-19(2)18-35(3)4)23(16-20-9-11-21(12-10-20)27(30)31)28-33-29(37)36(34-28)26-8-6-7-15-32-26;2*1-2(3)4/h6-15,17,19,23H,5,16,18H2,1-4H3,(H3,30,31)(H,33,34,37);2*1H3,(H,3,4). The third-order valence-corrected chi connectivity index (χ3v) is 6.16. The van der Waals surface area contributed by atoms with Crippen molar-refractivity contribution >= 4 is 17.8 Å². The molecule has 2 atom stereocenters. The van der Waals surface area contributed by atoms with Gasteiger partial charge in [0.2, 0.25) is 0 Å². The predicted octanol–water partition coefficient (Wildman–Crippen LogP) is 3.52. The first-order chi connectivity index (χ1) is 22.2. The Morgan fingerprint density at radius 1 is 1.04 bits per heavy atom. The van der Waals surface area contributed by atoms with Crippen molar-refractivity contribution in [2.45, 2.75) is 46.1 Å². The molecule has 14 heteroatoms. The fourth-order valence-corrected chi connectivity index (χ4v) is 4.44. The molecule has 2 aromatic carbocycles. The molecule has 0 bridgehead atoms. The summed E-state index contributed by atoms with van der Waals surface area (Å²) < 4.78 is 13.4. The highest BCUT2D eigenvalue weighted by Crippen LogP contribution is 2.35. The molecule has 0 aliphatic rings. The lowest BCUT2D eigenvalue weighted by molar-refractivity contribution is -0.135. The molecule has 4 aromatic rings. The number of carbonyl (C=O) groups is 2. The Morgan fingerprint density at radius 3 is 2.21 bits per heavy atom. The Kier molecular flexibility index (Phi) is 14.8. The minimum absolute atomic E-state index is 0.0111. The van der Waals surface area contributed by atoms with Crippen molar-refractivity contribution < 1.29 is 29.3 Å². The van der Waals surface area contributed by atoms with Gasteiger partial charge in [-0.05, 0) is 69.8 Å². The average molecular weight is 650 g/mol. The van der Waals surface area contributed by atoms with Crippen molar-refractivity contribution in [3.8, 4) is 17.3 Å². The Labute approximate surface area is 273 Å². The summed E-state index contributed by atoms with van der Waals surface area (Å²) in [5, 5.41) is 27.2. The topological polar surface area (TPSA) is 210 Å². The molecule has 2 aromatic heterocycles. The van der Waals surface area contributed by atoms with Crippen LogP contribution < -0.4 is 20.9 Å². The molecule has 2 heterocycles. The van der Waals surface area contributed by atoms with E-state index in [9.17, 15) is 4.79 Å². The van der Waals surface area contributed by atoms with E-state index in [0.29, 0.717) is 41.7 Å². The van der Waals surface area contributed by atoms with Crippen LogP contribution in [-0.4, -0.2) is 86.0 Å². The Bertz CT molecular complexity index is 1630. The molecule has 0 amide bonds. The maximum absolute atomic E-state index is 12.9. The maximum atomic E-state index is 12.9. The molecule has 6 N–H and O–H groups in total. The van der Waals surface area contributed by atoms with E-state index in [1.54, 1.807) is 18.3 Å². The monoisotopic (exact) mass is 649 g/mol. The summed E-state index contributed by atoms with van der Waals surface area (Å²) in [7, 11) is 4.01. The van der Waals surface area contributed by atoms with E-state index in [1.165, 1.54) is 4.68 Å². The Balaban J connectivity index is 0.000000862. The van der Waals surface area contributed by atoms with Gasteiger partial charge in [-0.1, -0.05) is 36.4 Å². The van der Waals surface area contributed by atoms with E-state index in [-0.39, 0.29) is 23.5 Å². The number of H-pyrrole nitrogens is 1. The minimum Gasteiger partial charge on any atom is -0.490 e. The molecule has 0 aliphatic carbocycles. The average Bonchev–Trinajstić information content (AvgIpc) is 3.37. The molecular formula is C33H43N7O7. The van der Waals surface area contributed by atoms with Crippen LogP contribution in [0.4, 0.5) is 0 Å². The van der Waals surface area contributed by atoms with Crippen LogP contribution in [0.15, 0.2) is 71.7 Å². The van der Waals surface area contributed by atoms with Gasteiger partial charge >= 0.3 is 5.69 Å². The lowest BCUT2D eigenvalue weighted by Gasteiger charge is -2.22. The van der Waals surface area contributed by atoms with E-state index in [0.717, 1.165) is 31.5 Å². The molecule has 2 unspecified atom stereocenters. The predicted molar refractivity (Wildman–Crippen MR) is 178 cm³/mol. The maximum Gasteiger partial charge on any atom is 0.349 e. The zero-order valence-electron chi connectivity index (χ0n) is 27.4. The highest BCUT2D eigenvalue weighted by Gasteiger charge is 2.23. The number of benzene rings is 2. The number of carboxylic acid groups (broad SMARTS) is 2. The second-order valence-corrected chi connectivity index (χ2v) is 10.7. The van der Waals surface area contributed by atoms with Crippen molar-refractivity contribution in [1.29, 1.82) is 5.41 Å². The van der Waals surface area contributed by atoms with E-state index >= 15 is 0 Å². The molecule has 0 aliphatic heterocycles. The fraction of sp³-hybridized carbons (Fsp3) is 0.333. The first-order valence-electron chi connectivity index (χ1n) is 14.7. The van der Waals surface area contributed by atoms with Gasteiger partial charge in [0.25, 0.3) is 11.9 Å². The number of amidine groups is 1. The molecule has 252 valence electrons. The third-order valence-electron chi connectivity index (χ3n) is 6.16. The third kappa shape index (κ3) is 12.8. The van der Waals surface area contributed by atoms with E-state index < -0.39 is 11.9 Å². The van der Waals surface area contributed by atoms with Crippen molar-refractivity contribution in [2.75, 3.05) is 27.2 Å². The molecule has 0 saturated carbocycles. The van der Waals surface area contributed by atoms with Crippen LogP contribution in [-0.2, 0) is 16.0 Å². The Morgan fingerprint density at radius 2 is 1.68 bits per heavy atom. The van der Waals surface area contributed by atoms with E-state index in [4.69, 9.17) is 40.4 Å². The fourth-order valence-electron chi connectivity index (χ4n) is 4.44. The van der Waals surface area contributed by atoms with Crippen LogP contribution in [0.3, 0.4) is 0 Å². The highest BCUT2D eigenvalue weighted by molar-refractivity contribution is 5.94. The van der Waals surface area contributed by atoms with Crippen LogP contribution in [0.1, 0.15) is 56.1 Å².